The monoisotopic (exact) mass is 553 g/mol. The molecule has 39 heavy (non-hydrogen) atoms. The quantitative estimate of drug-likeness (QED) is 0.501. The number of anilines is 3. The maximum Gasteiger partial charge on any atom is 0.301 e. The molecule has 1 spiro atoms. The van der Waals surface area contributed by atoms with Crippen LogP contribution in [0, 0.1) is 5.82 Å². The zero-order valence-electron chi connectivity index (χ0n) is 22.7. The second-order valence-electron chi connectivity index (χ2n) is 11.2. The molecular formula is C27H32FN7O3S. The third-order valence-electron chi connectivity index (χ3n) is 8.49. The molecule has 2 fully saturated rings. The highest BCUT2D eigenvalue weighted by Crippen LogP contribution is 2.55. The number of carbonyl (C=O) groups is 1. The summed E-state index contributed by atoms with van der Waals surface area (Å²) in [6, 6.07) is 5.07. The molecule has 2 aromatic heterocycles. The summed E-state index contributed by atoms with van der Waals surface area (Å²) in [6.45, 7) is 1.39. The van der Waals surface area contributed by atoms with E-state index in [9.17, 15) is 13.2 Å². The molecule has 3 aliphatic rings. The van der Waals surface area contributed by atoms with Crippen LogP contribution in [0.5, 0.6) is 0 Å². The number of nitrogens with one attached hydrogen (secondary N) is 1. The molecule has 10 nitrogen and oxygen atoms in total. The third kappa shape index (κ3) is 3.87. The number of amides is 1. The van der Waals surface area contributed by atoms with Crippen molar-refractivity contribution in [1.29, 1.82) is 0 Å². The molecule has 3 aromatic rings. The fourth-order valence-electron chi connectivity index (χ4n) is 5.83. The van der Waals surface area contributed by atoms with Gasteiger partial charge in [-0.25, -0.2) is 9.37 Å². The Kier molecular flexibility index (Phi) is 5.87. The maximum absolute atomic E-state index is 15.6. The van der Waals surface area contributed by atoms with E-state index in [1.807, 2.05) is 19.0 Å². The van der Waals surface area contributed by atoms with E-state index in [0.717, 1.165) is 40.2 Å². The van der Waals surface area contributed by atoms with Gasteiger partial charge >= 0.3 is 10.2 Å². The highest BCUT2D eigenvalue weighted by atomic mass is 32.2. The van der Waals surface area contributed by atoms with Crippen molar-refractivity contribution < 1.29 is 17.6 Å². The van der Waals surface area contributed by atoms with Crippen LogP contribution in [0.1, 0.15) is 24.8 Å². The van der Waals surface area contributed by atoms with Gasteiger partial charge in [0.25, 0.3) is 0 Å². The molecule has 1 amide bonds. The Bertz CT molecular complexity index is 1620. The van der Waals surface area contributed by atoms with Gasteiger partial charge in [0.05, 0.1) is 28.5 Å². The van der Waals surface area contributed by atoms with Crippen molar-refractivity contribution >= 4 is 44.2 Å². The van der Waals surface area contributed by atoms with Gasteiger partial charge in [-0.3, -0.25) is 14.5 Å². The van der Waals surface area contributed by atoms with E-state index in [-0.39, 0.29) is 17.2 Å². The normalized spacial score (nSPS) is 18.7. The van der Waals surface area contributed by atoms with E-state index >= 15 is 4.39 Å². The van der Waals surface area contributed by atoms with Gasteiger partial charge in [-0.2, -0.15) is 12.7 Å². The van der Waals surface area contributed by atoms with Gasteiger partial charge in [-0.15, -0.1) is 0 Å². The Morgan fingerprint density at radius 1 is 1.08 bits per heavy atom. The minimum atomic E-state index is -3.84. The highest BCUT2D eigenvalue weighted by Gasteiger charge is 2.54. The van der Waals surface area contributed by atoms with Gasteiger partial charge in [-0.05, 0) is 39.1 Å². The van der Waals surface area contributed by atoms with Gasteiger partial charge < -0.3 is 14.7 Å². The summed E-state index contributed by atoms with van der Waals surface area (Å²) in [5, 5.41) is 0.734. The average molecular weight is 554 g/mol. The molecule has 4 heterocycles. The summed E-state index contributed by atoms with van der Waals surface area (Å²) in [5.74, 6) is 0.0513. The molecule has 2 aliphatic heterocycles. The lowest BCUT2D eigenvalue weighted by Gasteiger charge is -2.44. The molecule has 1 aromatic carbocycles. The molecule has 1 saturated carbocycles. The van der Waals surface area contributed by atoms with Crippen LogP contribution in [-0.2, 0) is 20.4 Å². The Morgan fingerprint density at radius 2 is 1.79 bits per heavy atom. The minimum absolute atomic E-state index is 0.0564. The van der Waals surface area contributed by atoms with Gasteiger partial charge in [0.2, 0.25) is 5.91 Å². The van der Waals surface area contributed by atoms with E-state index in [4.69, 9.17) is 0 Å². The second-order valence-corrected chi connectivity index (χ2v) is 13.1. The predicted molar refractivity (Wildman–Crippen MR) is 150 cm³/mol. The van der Waals surface area contributed by atoms with Crippen LogP contribution in [0.25, 0.3) is 22.0 Å². The summed E-state index contributed by atoms with van der Waals surface area (Å²) >= 11 is 0. The number of rotatable bonds is 6. The van der Waals surface area contributed by atoms with Crippen molar-refractivity contribution in [3.63, 3.8) is 0 Å². The first-order valence-electron chi connectivity index (χ1n) is 13.0. The number of carbonyl (C=O) groups excluding carboxylic acids is 1. The second kappa shape index (κ2) is 8.83. The lowest BCUT2D eigenvalue weighted by Crippen LogP contribution is -2.58. The summed E-state index contributed by atoms with van der Waals surface area (Å²) in [4.78, 5) is 28.0. The molecule has 1 aliphatic carbocycles. The fraction of sp³-hybridized carbons (Fsp3) is 0.444. The first-order chi connectivity index (χ1) is 18.4. The SMILES string of the molecule is CN1C(=O)C2(CCC2)c2c1cnc1cc(F)c(-c3cnc(N4CC(N(C)C)C4)c(NS(=O)(=O)N(C)C)c3)cc21. The van der Waals surface area contributed by atoms with Crippen LogP contribution >= 0.6 is 0 Å². The van der Waals surface area contributed by atoms with Gasteiger partial charge in [0.15, 0.2) is 5.82 Å². The molecule has 0 radical (unpaired) electrons. The molecule has 0 unspecified atom stereocenters. The zero-order chi connectivity index (χ0) is 27.9. The molecule has 6 rings (SSSR count). The third-order valence-corrected chi connectivity index (χ3v) is 9.93. The molecule has 12 heteroatoms. The van der Waals surface area contributed by atoms with Gasteiger partial charge in [0.1, 0.15) is 5.82 Å². The summed E-state index contributed by atoms with van der Waals surface area (Å²) < 4.78 is 44.8. The fourth-order valence-corrected chi connectivity index (χ4v) is 6.44. The number of benzene rings is 1. The van der Waals surface area contributed by atoms with E-state index in [0.29, 0.717) is 36.0 Å². The summed E-state index contributed by atoms with van der Waals surface area (Å²) in [7, 11) is 4.81. The van der Waals surface area contributed by atoms with Crippen molar-refractivity contribution in [2.75, 3.05) is 62.8 Å². The van der Waals surface area contributed by atoms with Gasteiger partial charge in [-0.1, -0.05) is 6.42 Å². The van der Waals surface area contributed by atoms with E-state index in [1.165, 1.54) is 20.2 Å². The maximum atomic E-state index is 15.6. The lowest BCUT2D eigenvalue weighted by molar-refractivity contribution is -0.125. The minimum Gasteiger partial charge on any atom is -0.352 e. The molecular weight excluding hydrogens is 521 g/mol. The van der Waals surface area contributed by atoms with Crippen LogP contribution in [0.15, 0.2) is 30.6 Å². The highest BCUT2D eigenvalue weighted by molar-refractivity contribution is 7.90. The Balaban J connectivity index is 1.48. The van der Waals surface area contributed by atoms with Crippen molar-refractivity contribution in [3.05, 3.63) is 42.0 Å². The summed E-state index contributed by atoms with van der Waals surface area (Å²) in [5.41, 5.74) is 2.53. The molecule has 0 bridgehead atoms. The molecule has 1 saturated heterocycles. The first kappa shape index (κ1) is 25.9. The molecule has 0 atom stereocenters. The number of halogens is 1. The standard InChI is InChI=1S/C27H32FN7O3S/c1-32(2)17-14-35(15-17)25-22(31-39(37,38)33(3)4)9-16(12-30-25)18-10-19-21(11-20(18)28)29-13-23-24(19)27(7-6-8-27)26(36)34(23)5/h9-13,17,31H,6-8,14-15H2,1-5H3. The Morgan fingerprint density at radius 3 is 2.41 bits per heavy atom. The van der Waals surface area contributed by atoms with Crippen LogP contribution in [-0.4, -0.2) is 87.9 Å². The smallest absolute Gasteiger partial charge is 0.301 e. The largest absolute Gasteiger partial charge is 0.352 e. The van der Waals surface area contributed by atoms with Crippen LogP contribution in [0.3, 0.4) is 0 Å². The van der Waals surface area contributed by atoms with E-state index < -0.39 is 21.4 Å². The number of fused-ring (bicyclic) bond motifs is 4. The lowest BCUT2D eigenvalue weighted by atomic mass is 9.64. The number of pyridine rings is 2. The average Bonchev–Trinajstić information content (AvgIpc) is 3.05. The topological polar surface area (TPSA) is 102 Å². The number of hydrogen-bond acceptors (Lipinski definition) is 7. The van der Waals surface area contributed by atoms with Crippen molar-refractivity contribution in [2.45, 2.75) is 30.7 Å². The predicted octanol–water partition coefficient (Wildman–Crippen LogP) is 2.80. The van der Waals surface area contributed by atoms with E-state index in [1.54, 1.807) is 36.5 Å². The zero-order valence-corrected chi connectivity index (χ0v) is 23.5. The number of likely N-dealkylation sites (N-methyl/N-ethyl adjacent to an activating group) is 2. The summed E-state index contributed by atoms with van der Waals surface area (Å²) in [6.07, 6.45) is 5.70. The number of nitrogens with zero attached hydrogens (tertiary/aromatic N) is 6. The van der Waals surface area contributed by atoms with Crippen molar-refractivity contribution in [1.82, 2.24) is 19.2 Å². The Labute approximate surface area is 227 Å². The van der Waals surface area contributed by atoms with Crippen molar-refractivity contribution in [3.8, 4) is 11.1 Å². The molecule has 1 N–H and O–H groups in total. The Hall–Kier alpha value is -3.35. The van der Waals surface area contributed by atoms with Gasteiger partial charge in [0, 0.05) is 74.6 Å². The van der Waals surface area contributed by atoms with E-state index in [2.05, 4.69) is 19.6 Å². The molecule has 206 valence electrons. The van der Waals surface area contributed by atoms with Crippen LogP contribution in [0.4, 0.5) is 21.6 Å². The van der Waals surface area contributed by atoms with Crippen molar-refractivity contribution in [2.24, 2.45) is 0 Å². The first-order valence-corrected chi connectivity index (χ1v) is 14.4. The number of aromatic nitrogens is 2. The van der Waals surface area contributed by atoms with Crippen LogP contribution < -0.4 is 14.5 Å². The van der Waals surface area contributed by atoms with Crippen LogP contribution in [0.2, 0.25) is 0 Å². The number of hydrogen-bond donors (Lipinski definition) is 1.